The van der Waals surface area contributed by atoms with Crippen LogP contribution >= 0.6 is 0 Å². The summed E-state index contributed by atoms with van der Waals surface area (Å²) in [5.41, 5.74) is 2.86. The molecule has 7 nitrogen and oxygen atoms in total. The van der Waals surface area contributed by atoms with Crippen LogP contribution in [0.2, 0.25) is 0 Å². The number of ether oxygens (including phenoxy) is 2. The molecule has 0 fully saturated rings. The number of hydrogen-bond donors (Lipinski definition) is 2. The third kappa shape index (κ3) is 7.30. The van der Waals surface area contributed by atoms with E-state index in [1.165, 1.54) is 19.2 Å². The largest absolute Gasteiger partial charge is 0.489 e. The third-order valence-corrected chi connectivity index (χ3v) is 4.97. The van der Waals surface area contributed by atoms with E-state index >= 15 is 0 Å². The molecule has 0 saturated carbocycles. The second-order valence-electron chi connectivity index (χ2n) is 7.42. The SMILES string of the molecule is CO/N=C(\COc1ccc(COc2ccc(C(C#N)CC(O)O)cc2)cc1)c1ccc(F)cc1. The van der Waals surface area contributed by atoms with Crippen LogP contribution in [-0.2, 0) is 11.4 Å². The Morgan fingerprint density at radius 3 is 2.15 bits per heavy atom. The molecule has 3 aromatic rings. The number of rotatable bonds is 11. The van der Waals surface area contributed by atoms with E-state index in [1.54, 1.807) is 36.4 Å². The Hall–Kier alpha value is -3.93. The van der Waals surface area contributed by atoms with Crippen LogP contribution in [-0.4, -0.2) is 35.9 Å². The zero-order valence-electron chi connectivity index (χ0n) is 18.6. The molecule has 3 aromatic carbocycles. The number of nitrogens with zero attached hydrogens (tertiary/aromatic N) is 2. The van der Waals surface area contributed by atoms with Crippen LogP contribution in [0.15, 0.2) is 78.0 Å². The van der Waals surface area contributed by atoms with Crippen molar-refractivity contribution in [2.75, 3.05) is 13.7 Å². The minimum atomic E-state index is -1.53. The molecule has 8 heteroatoms. The first-order chi connectivity index (χ1) is 16.5. The fourth-order valence-corrected chi connectivity index (χ4v) is 3.19. The molecule has 0 spiro atoms. The average Bonchev–Trinajstić information content (AvgIpc) is 2.85. The topological polar surface area (TPSA) is 104 Å². The molecule has 0 aromatic heterocycles. The Morgan fingerprint density at radius 2 is 1.56 bits per heavy atom. The van der Waals surface area contributed by atoms with Crippen LogP contribution < -0.4 is 9.47 Å². The highest BCUT2D eigenvalue weighted by Gasteiger charge is 2.14. The minimum Gasteiger partial charge on any atom is -0.489 e. The molecule has 0 radical (unpaired) electrons. The molecule has 34 heavy (non-hydrogen) atoms. The Labute approximate surface area is 197 Å². The molecular formula is C26H25FN2O5. The van der Waals surface area contributed by atoms with Crippen molar-refractivity contribution in [1.29, 1.82) is 5.26 Å². The van der Waals surface area contributed by atoms with Gasteiger partial charge in [0, 0.05) is 12.0 Å². The van der Waals surface area contributed by atoms with Crippen molar-refractivity contribution < 1.29 is 28.9 Å². The molecule has 0 aliphatic rings. The van der Waals surface area contributed by atoms with Crippen molar-refractivity contribution in [1.82, 2.24) is 0 Å². The molecule has 0 aliphatic carbocycles. The van der Waals surface area contributed by atoms with Gasteiger partial charge in [-0.2, -0.15) is 5.26 Å². The van der Waals surface area contributed by atoms with Gasteiger partial charge < -0.3 is 24.5 Å². The van der Waals surface area contributed by atoms with Gasteiger partial charge in [0.1, 0.15) is 43.4 Å². The van der Waals surface area contributed by atoms with Gasteiger partial charge in [-0.15, -0.1) is 0 Å². The highest BCUT2D eigenvalue weighted by molar-refractivity contribution is 6.01. The Balaban J connectivity index is 1.53. The van der Waals surface area contributed by atoms with Gasteiger partial charge in [-0.3, -0.25) is 0 Å². The van der Waals surface area contributed by atoms with E-state index in [9.17, 15) is 9.65 Å². The van der Waals surface area contributed by atoms with E-state index in [1.807, 2.05) is 24.3 Å². The summed E-state index contributed by atoms with van der Waals surface area (Å²) in [6.07, 6.45) is -1.58. The van der Waals surface area contributed by atoms with Crippen molar-refractivity contribution in [3.63, 3.8) is 0 Å². The van der Waals surface area contributed by atoms with Gasteiger partial charge in [0.2, 0.25) is 0 Å². The van der Waals surface area contributed by atoms with E-state index in [0.29, 0.717) is 34.9 Å². The second kappa shape index (κ2) is 12.3. The molecule has 1 atom stereocenters. The third-order valence-electron chi connectivity index (χ3n) is 4.97. The smallest absolute Gasteiger partial charge is 0.153 e. The van der Waals surface area contributed by atoms with E-state index in [4.69, 9.17) is 24.5 Å². The Bertz CT molecular complexity index is 1110. The lowest BCUT2D eigenvalue weighted by Crippen LogP contribution is -2.13. The molecule has 2 N–H and O–H groups in total. The normalized spacial score (nSPS) is 12.2. The molecule has 0 saturated heterocycles. The predicted octanol–water partition coefficient (Wildman–Crippen LogP) is 4.14. The maximum absolute atomic E-state index is 13.2. The summed E-state index contributed by atoms with van der Waals surface area (Å²) in [7, 11) is 1.44. The number of aliphatic hydroxyl groups excluding tert-OH is 1. The average molecular weight is 464 g/mol. The molecule has 3 rings (SSSR count). The summed E-state index contributed by atoms with van der Waals surface area (Å²) in [5, 5.41) is 31.3. The van der Waals surface area contributed by atoms with E-state index in [0.717, 1.165) is 5.56 Å². The first-order valence-corrected chi connectivity index (χ1v) is 10.5. The summed E-state index contributed by atoms with van der Waals surface area (Å²) in [4.78, 5) is 4.87. The first-order valence-electron chi connectivity index (χ1n) is 10.5. The van der Waals surface area contributed by atoms with Gasteiger partial charge in [-0.1, -0.05) is 29.4 Å². The molecule has 0 heterocycles. The van der Waals surface area contributed by atoms with Crippen LogP contribution in [0.5, 0.6) is 11.5 Å². The maximum Gasteiger partial charge on any atom is 0.153 e. The van der Waals surface area contributed by atoms with Crippen LogP contribution in [0.25, 0.3) is 0 Å². The van der Waals surface area contributed by atoms with Gasteiger partial charge in [0.25, 0.3) is 0 Å². The van der Waals surface area contributed by atoms with Crippen LogP contribution in [0, 0.1) is 17.1 Å². The van der Waals surface area contributed by atoms with Crippen molar-refractivity contribution in [3.8, 4) is 17.6 Å². The van der Waals surface area contributed by atoms with Gasteiger partial charge >= 0.3 is 0 Å². The highest BCUT2D eigenvalue weighted by atomic mass is 19.1. The minimum absolute atomic E-state index is 0.0478. The van der Waals surface area contributed by atoms with Crippen LogP contribution in [0.3, 0.4) is 0 Å². The van der Waals surface area contributed by atoms with Gasteiger partial charge in [0.15, 0.2) is 6.29 Å². The predicted molar refractivity (Wildman–Crippen MR) is 124 cm³/mol. The first kappa shape index (κ1) is 24.7. The maximum atomic E-state index is 13.2. The van der Waals surface area contributed by atoms with Crippen LogP contribution in [0.4, 0.5) is 4.39 Å². The standard InChI is InChI=1S/C26H25FN2O5/c1-32-29-25(20-4-8-22(27)9-5-20)17-34-23-10-2-18(3-11-23)16-33-24-12-6-19(7-13-24)21(15-28)14-26(30)31/h2-13,21,26,30-31H,14,16-17H2,1H3/b29-25+. The summed E-state index contributed by atoms with van der Waals surface area (Å²) in [5.74, 6) is 0.333. The van der Waals surface area contributed by atoms with E-state index in [-0.39, 0.29) is 18.8 Å². The highest BCUT2D eigenvalue weighted by Crippen LogP contribution is 2.23. The van der Waals surface area contributed by atoms with Crippen molar-refractivity contribution in [3.05, 3.63) is 95.3 Å². The van der Waals surface area contributed by atoms with Gasteiger partial charge in [0.05, 0.1) is 12.0 Å². The number of oxime groups is 1. The molecular weight excluding hydrogens is 439 g/mol. The quantitative estimate of drug-likeness (QED) is 0.251. The molecule has 0 amide bonds. The number of benzene rings is 3. The lowest BCUT2D eigenvalue weighted by Gasteiger charge is -2.12. The summed E-state index contributed by atoms with van der Waals surface area (Å²) in [6, 6.07) is 22.3. The number of nitriles is 1. The van der Waals surface area contributed by atoms with Gasteiger partial charge in [-0.05, 0) is 59.7 Å². The van der Waals surface area contributed by atoms with Crippen molar-refractivity contribution in [2.45, 2.75) is 25.2 Å². The number of hydrogen-bond acceptors (Lipinski definition) is 7. The molecule has 176 valence electrons. The fraction of sp³-hybridized carbons (Fsp3) is 0.231. The molecule has 1 unspecified atom stereocenters. The Kier molecular flexibility index (Phi) is 8.97. The van der Waals surface area contributed by atoms with Crippen LogP contribution in [0.1, 0.15) is 29.0 Å². The summed E-state index contributed by atoms with van der Waals surface area (Å²) in [6.45, 7) is 0.487. The lowest BCUT2D eigenvalue weighted by molar-refractivity contribution is -0.0469. The second-order valence-corrected chi connectivity index (χ2v) is 7.42. The van der Waals surface area contributed by atoms with Gasteiger partial charge in [-0.25, -0.2) is 4.39 Å². The van der Waals surface area contributed by atoms with Crippen molar-refractivity contribution in [2.24, 2.45) is 5.16 Å². The van der Waals surface area contributed by atoms with E-state index < -0.39 is 12.2 Å². The summed E-state index contributed by atoms with van der Waals surface area (Å²) >= 11 is 0. The summed E-state index contributed by atoms with van der Waals surface area (Å²) < 4.78 is 24.7. The fourth-order valence-electron chi connectivity index (χ4n) is 3.19. The molecule has 0 bridgehead atoms. The zero-order chi connectivity index (χ0) is 24.3. The number of aliphatic hydroxyl groups is 2. The number of halogens is 1. The van der Waals surface area contributed by atoms with Crippen molar-refractivity contribution >= 4 is 5.71 Å². The molecule has 0 aliphatic heterocycles. The monoisotopic (exact) mass is 464 g/mol. The zero-order valence-corrected chi connectivity index (χ0v) is 18.6. The van der Waals surface area contributed by atoms with E-state index in [2.05, 4.69) is 11.2 Å². The Morgan fingerprint density at radius 1 is 0.941 bits per heavy atom. The lowest BCUT2D eigenvalue weighted by atomic mass is 9.97.